The van der Waals surface area contributed by atoms with E-state index in [2.05, 4.69) is 10.2 Å². The van der Waals surface area contributed by atoms with Gasteiger partial charge in [0.25, 0.3) is 0 Å². The molecule has 0 bridgehead atoms. The molecule has 4 aromatic rings. The molecule has 43 heavy (non-hydrogen) atoms. The summed E-state index contributed by atoms with van der Waals surface area (Å²) in [5.41, 5.74) is 2.61. The van der Waals surface area contributed by atoms with Crippen LogP contribution in [0.3, 0.4) is 0 Å². The van der Waals surface area contributed by atoms with Crippen LogP contribution in [0, 0.1) is 19.7 Å². The van der Waals surface area contributed by atoms with Gasteiger partial charge in [-0.05, 0) is 98.8 Å². The SMILES string of the molecule is Cc1cc(F)cc(C)c1C(=O)c1sc2cc(OC3CCCCO3)ccc2c1Oc1ccc(NC2CN(CCCF)C2)cc1. The van der Waals surface area contributed by atoms with Crippen molar-refractivity contribution in [3.63, 3.8) is 0 Å². The Balaban J connectivity index is 1.27. The van der Waals surface area contributed by atoms with E-state index in [9.17, 15) is 13.6 Å². The first-order chi connectivity index (χ1) is 20.9. The molecule has 3 heterocycles. The van der Waals surface area contributed by atoms with Gasteiger partial charge in [-0.1, -0.05) is 0 Å². The lowest BCUT2D eigenvalue weighted by atomic mass is 9.97. The van der Waals surface area contributed by atoms with Gasteiger partial charge < -0.3 is 19.5 Å². The van der Waals surface area contributed by atoms with Gasteiger partial charge in [-0.2, -0.15) is 0 Å². The first-order valence-corrected chi connectivity index (χ1v) is 15.7. The summed E-state index contributed by atoms with van der Waals surface area (Å²) < 4.78 is 45.6. The molecule has 1 aromatic heterocycles. The fourth-order valence-electron chi connectivity index (χ4n) is 5.82. The number of aryl methyl sites for hydroxylation is 2. The van der Waals surface area contributed by atoms with E-state index in [0.29, 0.717) is 57.9 Å². The predicted molar refractivity (Wildman–Crippen MR) is 166 cm³/mol. The maximum Gasteiger partial charge on any atom is 0.207 e. The highest BCUT2D eigenvalue weighted by Crippen LogP contribution is 2.43. The topological polar surface area (TPSA) is 60.0 Å². The van der Waals surface area contributed by atoms with Gasteiger partial charge in [0, 0.05) is 47.4 Å². The van der Waals surface area contributed by atoms with Gasteiger partial charge in [-0.3, -0.25) is 14.1 Å². The molecule has 1 unspecified atom stereocenters. The molecule has 0 radical (unpaired) electrons. The monoisotopic (exact) mass is 606 g/mol. The number of likely N-dealkylation sites (tertiary alicyclic amines) is 1. The minimum Gasteiger partial charge on any atom is -0.465 e. The summed E-state index contributed by atoms with van der Waals surface area (Å²) in [4.78, 5) is 16.7. The zero-order valence-corrected chi connectivity index (χ0v) is 25.3. The number of ketones is 1. The van der Waals surface area contributed by atoms with E-state index < -0.39 is 0 Å². The Hall–Kier alpha value is -3.53. The highest BCUT2D eigenvalue weighted by Gasteiger charge is 2.27. The number of alkyl halides is 1. The van der Waals surface area contributed by atoms with Gasteiger partial charge in [0.2, 0.25) is 5.78 Å². The number of carbonyl (C=O) groups excluding carboxylic acids is 1. The highest BCUT2D eigenvalue weighted by atomic mass is 32.1. The number of hydrogen-bond acceptors (Lipinski definition) is 7. The third-order valence-corrected chi connectivity index (χ3v) is 9.09. The number of rotatable bonds is 11. The summed E-state index contributed by atoms with van der Waals surface area (Å²) in [7, 11) is 0. The van der Waals surface area contributed by atoms with E-state index in [1.807, 2.05) is 42.5 Å². The van der Waals surface area contributed by atoms with Crippen molar-refractivity contribution < 1.29 is 27.8 Å². The first-order valence-electron chi connectivity index (χ1n) is 14.9. The standard InChI is InChI=1S/C34H36F2N2O4S/c1-21-16-23(36)17-22(2)31(21)32(39)34-33(28-12-11-27(18-29(28)43-34)41-30-6-3-4-15-40-30)42-26-9-7-24(8-10-26)37-25-19-38(20-25)14-5-13-35/h7-12,16-18,25,30,37H,3-6,13-15,19-20H2,1-2H3. The molecule has 0 saturated carbocycles. The average Bonchev–Trinajstić information content (AvgIpc) is 3.32. The zero-order chi connectivity index (χ0) is 29.9. The number of benzene rings is 3. The van der Waals surface area contributed by atoms with Crippen molar-refractivity contribution in [2.75, 3.05) is 38.2 Å². The molecule has 0 amide bonds. The van der Waals surface area contributed by atoms with Crippen LogP contribution in [0.1, 0.15) is 52.0 Å². The van der Waals surface area contributed by atoms with Crippen LogP contribution in [-0.2, 0) is 4.74 Å². The molecule has 3 aromatic carbocycles. The molecule has 2 aliphatic rings. The molecule has 2 saturated heterocycles. The second-order valence-electron chi connectivity index (χ2n) is 11.3. The fourth-order valence-corrected chi connectivity index (χ4v) is 6.92. The van der Waals surface area contributed by atoms with E-state index in [0.717, 1.165) is 54.7 Å². The molecule has 1 atom stereocenters. The van der Waals surface area contributed by atoms with Crippen molar-refractivity contribution in [3.8, 4) is 17.2 Å². The van der Waals surface area contributed by atoms with Crippen LogP contribution >= 0.6 is 11.3 Å². The van der Waals surface area contributed by atoms with E-state index >= 15 is 0 Å². The molecule has 0 spiro atoms. The molecular weight excluding hydrogens is 570 g/mol. The predicted octanol–water partition coefficient (Wildman–Crippen LogP) is 8.04. The van der Waals surface area contributed by atoms with Gasteiger partial charge in [0.15, 0.2) is 12.0 Å². The minimum absolute atomic E-state index is 0.204. The largest absolute Gasteiger partial charge is 0.465 e. The summed E-state index contributed by atoms with van der Waals surface area (Å²) >= 11 is 1.34. The molecule has 6 nitrogen and oxygen atoms in total. The Morgan fingerprint density at radius 3 is 2.49 bits per heavy atom. The number of carbonyl (C=O) groups is 1. The van der Waals surface area contributed by atoms with Crippen molar-refractivity contribution >= 4 is 32.9 Å². The Morgan fingerprint density at radius 2 is 1.79 bits per heavy atom. The summed E-state index contributed by atoms with van der Waals surface area (Å²) in [6.07, 6.45) is 3.23. The van der Waals surface area contributed by atoms with Gasteiger partial charge in [-0.15, -0.1) is 11.3 Å². The number of thiophene rings is 1. The average molecular weight is 607 g/mol. The minimum atomic E-state index is -0.367. The Labute approximate surface area is 254 Å². The molecular formula is C34H36F2N2O4S. The van der Waals surface area contributed by atoms with Crippen LogP contribution in [0.5, 0.6) is 17.2 Å². The van der Waals surface area contributed by atoms with Gasteiger partial charge in [0.1, 0.15) is 22.2 Å². The van der Waals surface area contributed by atoms with E-state index in [1.54, 1.807) is 13.8 Å². The van der Waals surface area contributed by atoms with Crippen LogP contribution in [-0.4, -0.2) is 55.9 Å². The molecule has 226 valence electrons. The highest BCUT2D eigenvalue weighted by molar-refractivity contribution is 7.21. The lowest BCUT2D eigenvalue weighted by Gasteiger charge is -2.40. The lowest BCUT2D eigenvalue weighted by Crippen LogP contribution is -2.54. The third kappa shape index (κ3) is 6.69. The maximum atomic E-state index is 14.1. The number of nitrogens with one attached hydrogen (secondary N) is 1. The van der Waals surface area contributed by atoms with Crippen molar-refractivity contribution in [2.45, 2.75) is 51.9 Å². The van der Waals surface area contributed by atoms with Crippen LogP contribution in [0.4, 0.5) is 14.5 Å². The maximum absolute atomic E-state index is 14.1. The molecule has 9 heteroatoms. The number of anilines is 1. The van der Waals surface area contributed by atoms with E-state index in [-0.39, 0.29) is 24.6 Å². The molecule has 2 fully saturated rings. The second-order valence-corrected chi connectivity index (χ2v) is 12.4. The number of fused-ring (bicyclic) bond motifs is 1. The first kappa shape index (κ1) is 29.5. The van der Waals surface area contributed by atoms with Crippen molar-refractivity contribution in [1.29, 1.82) is 0 Å². The Morgan fingerprint density at radius 1 is 1.05 bits per heavy atom. The van der Waals surface area contributed by atoms with E-state index in [1.165, 1.54) is 23.5 Å². The van der Waals surface area contributed by atoms with Gasteiger partial charge in [0.05, 0.1) is 19.3 Å². The van der Waals surface area contributed by atoms with Crippen LogP contribution < -0.4 is 14.8 Å². The van der Waals surface area contributed by atoms with Crippen molar-refractivity contribution in [2.24, 2.45) is 0 Å². The number of ether oxygens (including phenoxy) is 3. The van der Waals surface area contributed by atoms with Crippen LogP contribution in [0.15, 0.2) is 54.6 Å². The molecule has 0 aliphatic carbocycles. The van der Waals surface area contributed by atoms with Gasteiger partial charge in [-0.25, -0.2) is 4.39 Å². The molecule has 1 N–H and O–H groups in total. The molecule has 6 rings (SSSR count). The zero-order valence-electron chi connectivity index (χ0n) is 24.5. The fraction of sp³-hybridized carbons (Fsp3) is 0.382. The summed E-state index contributed by atoms with van der Waals surface area (Å²) in [5.74, 6) is 1.17. The Bertz CT molecular complexity index is 1570. The normalized spacial score (nSPS) is 17.5. The van der Waals surface area contributed by atoms with E-state index in [4.69, 9.17) is 14.2 Å². The quantitative estimate of drug-likeness (QED) is 0.174. The summed E-state index contributed by atoms with van der Waals surface area (Å²) in [6.45, 7) is 6.48. The lowest BCUT2D eigenvalue weighted by molar-refractivity contribution is -0.105. The second kappa shape index (κ2) is 13.0. The van der Waals surface area contributed by atoms with Crippen molar-refractivity contribution in [3.05, 3.63) is 82.0 Å². The number of hydrogen-bond donors (Lipinski definition) is 1. The van der Waals surface area contributed by atoms with Gasteiger partial charge >= 0.3 is 0 Å². The summed E-state index contributed by atoms with van der Waals surface area (Å²) in [5, 5.41) is 4.31. The smallest absolute Gasteiger partial charge is 0.207 e. The van der Waals surface area contributed by atoms with Crippen molar-refractivity contribution in [1.82, 2.24) is 4.90 Å². The van der Waals surface area contributed by atoms with Crippen LogP contribution in [0.25, 0.3) is 10.1 Å². The number of nitrogens with zero attached hydrogens (tertiary/aromatic N) is 1. The third-order valence-electron chi connectivity index (χ3n) is 7.96. The molecule has 2 aliphatic heterocycles. The number of halogens is 2. The van der Waals surface area contributed by atoms with Crippen LogP contribution in [0.2, 0.25) is 0 Å². The summed E-state index contributed by atoms with van der Waals surface area (Å²) in [6, 6.07) is 16.5. The Kier molecular flexibility index (Phi) is 8.93.